The van der Waals surface area contributed by atoms with Crippen LogP contribution < -0.4 is 4.74 Å². The molecule has 0 bridgehead atoms. The SMILES string of the molecule is Cc1ccccc1OC1CN(Cc2cncn2C)C1. The lowest BCUT2D eigenvalue weighted by atomic mass is 10.1. The van der Waals surface area contributed by atoms with Crippen molar-refractivity contribution in [2.75, 3.05) is 13.1 Å². The van der Waals surface area contributed by atoms with Crippen molar-refractivity contribution in [2.45, 2.75) is 19.6 Å². The fourth-order valence-electron chi connectivity index (χ4n) is 2.36. The van der Waals surface area contributed by atoms with Crippen molar-refractivity contribution >= 4 is 0 Å². The summed E-state index contributed by atoms with van der Waals surface area (Å²) in [5.74, 6) is 1.01. The fraction of sp³-hybridized carbons (Fsp3) is 0.400. The maximum atomic E-state index is 6.00. The Balaban J connectivity index is 1.51. The van der Waals surface area contributed by atoms with Crippen LogP contribution in [0.3, 0.4) is 0 Å². The molecule has 0 spiro atoms. The van der Waals surface area contributed by atoms with Crippen LogP contribution in [-0.2, 0) is 13.6 Å². The van der Waals surface area contributed by atoms with Crippen LogP contribution in [0.5, 0.6) is 5.75 Å². The Hall–Kier alpha value is -1.81. The molecule has 4 heteroatoms. The number of benzene rings is 1. The molecular weight excluding hydrogens is 238 g/mol. The van der Waals surface area contributed by atoms with Crippen LogP contribution in [0.15, 0.2) is 36.8 Å². The Morgan fingerprint density at radius 3 is 2.79 bits per heavy atom. The van der Waals surface area contributed by atoms with E-state index in [0.717, 1.165) is 25.4 Å². The normalized spacial score (nSPS) is 16.3. The second-order valence-electron chi connectivity index (χ2n) is 5.20. The predicted octanol–water partition coefficient (Wildman–Crippen LogP) is 1.99. The molecule has 2 aromatic rings. The number of likely N-dealkylation sites (tertiary alicyclic amines) is 1. The Morgan fingerprint density at radius 1 is 1.32 bits per heavy atom. The standard InChI is InChI=1S/C15H19N3O/c1-12-5-3-4-6-15(12)19-14-9-18(10-14)8-13-7-16-11-17(13)2/h3-7,11,14H,8-10H2,1-2H3. The van der Waals surface area contributed by atoms with Crippen LogP contribution in [0.4, 0.5) is 0 Å². The monoisotopic (exact) mass is 257 g/mol. The van der Waals surface area contributed by atoms with E-state index >= 15 is 0 Å². The fourth-order valence-corrected chi connectivity index (χ4v) is 2.36. The molecule has 2 heterocycles. The number of hydrogen-bond acceptors (Lipinski definition) is 3. The number of rotatable bonds is 4. The number of imidazole rings is 1. The third-order valence-corrected chi connectivity index (χ3v) is 3.61. The van der Waals surface area contributed by atoms with Gasteiger partial charge in [-0.15, -0.1) is 0 Å². The van der Waals surface area contributed by atoms with E-state index in [1.54, 1.807) is 0 Å². The third-order valence-electron chi connectivity index (χ3n) is 3.61. The highest BCUT2D eigenvalue weighted by atomic mass is 16.5. The van der Waals surface area contributed by atoms with Gasteiger partial charge in [0.2, 0.25) is 0 Å². The summed E-state index contributed by atoms with van der Waals surface area (Å²) in [6, 6.07) is 8.19. The van der Waals surface area contributed by atoms with Crippen LogP contribution in [0.2, 0.25) is 0 Å². The van der Waals surface area contributed by atoms with Crippen molar-refractivity contribution < 1.29 is 4.74 Å². The summed E-state index contributed by atoms with van der Waals surface area (Å²) in [5.41, 5.74) is 2.45. The van der Waals surface area contributed by atoms with E-state index in [1.165, 1.54) is 11.3 Å². The summed E-state index contributed by atoms with van der Waals surface area (Å²) in [6.07, 6.45) is 4.08. The number of nitrogens with zero attached hydrogens (tertiary/aromatic N) is 3. The number of aromatic nitrogens is 2. The minimum atomic E-state index is 0.314. The molecule has 0 radical (unpaired) electrons. The summed E-state index contributed by atoms with van der Waals surface area (Å²) < 4.78 is 8.06. The average molecular weight is 257 g/mol. The third kappa shape index (κ3) is 2.63. The molecule has 1 saturated heterocycles. The van der Waals surface area contributed by atoms with Crippen LogP contribution >= 0.6 is 0 Å². The topological polar surface area (TPSA) is 30.3 Å². The lowest BCUT2D eigenvalue weighted by molar-refractivity contribution is 0.0129. The van der Waals surface area contributed by atoms with E-state index in [9.17, 15) is 0 Å². The first-order valence-corrected chi connectivity index (χ1v) is 6.62. The minimum absolute atomic E-state index is 0.314. The molecule has 1 aromatic carbocycles. The molecule has 1 aliphatic heterocycles. The van der Waals surface area contributed by atoms with Gasteiger partial charge < -0.3 is 9.30 Å². The zero-order chi connectivity index (χ0) is 13.2. The lowest BCUT2D eigenvalue weighted by Gasteiger charge is -2.39. The van der Waals surface area contributed by atoms with Crippen LogP contribution in [0.1, 0.15) is 11.3 Å². The molecule has 0 aliphatic carbocycles. The zero-order valence-corrected chi connectivity index (χ0v) is 11.4. The second kappa shape index (κ2) is 5.05. The van der Waals surface area contributed by atoms with Crippen LogP contribution in [-0.4, -0.2) is 33.6 Å². The summed E-state index contributed by atoms with van der Waals surface area (Å²) in [5, 5.41) is 0. The maximum Gasteiger partial charge on any atom is 0.124 e. The molecule has 19 heavy (non-hydrogen) atoms. The van der Waals surface area contributed by atoms with Gasteiger partial charge in [-0.1, -0.05) is 18.2 Å². The van der Waals surface area contributed by atoms with Gasteiger partial charge in [-0.3, -0.25) is 4.90 Å². The highest BCUT2D eigenvalue weighted by molar-refractivity contribution is 5.32. The molecule has 1 fully saturated rings. The van der Waals surface area contributed by atoms with Gasteiger partial charge in [0.25, 0.3) is 0 Å². The smallest absolute Gasteiger partial charge is 0.124 e. The molecule has 1 aliphatic rings. The number of aryl methyl sites for hydroxylation is 2. The van der Waals surface area contributed by atoms with Gasteiger partial charge in [-0.05, 0) is 18.6 Å². The van der Waals surface area contributed by atoms with Gasteiger partial charge in [0.1, 0.15) is 11.9 Å². The summed E-state index contributed by atoms with van der Waals surface area (Å²) >= 11 is 0. The van der Waals surface area contributed by atoms with E-state index in [2.05, 4.69) is 27.4 Å². The predicted molar refractivity (Wildman–Crippen MR) is 74.1 cm³/mol. The molecule has 1 aromatic heterocycles. The van der Waals surface area contributed by atoms with Gasteiger partial charge in [0.05, 0.1) is 12.0 Å². The minimum Gasteiger partial charge on any atom is -0.487 e. The van der Waals surface area contributed by atoms with Gasteiger partial charge >= 0.3 is 0 Å². The zero-order valence-electron chi connectivity index (χ0n) is 11.4. The molecule has 0 atom stereocenters. The van der Waals surface area contributed by atoms with Gasteiger partial charge in [-0.2, -0.15) is 0 Å². The van der Waals surface area contributed by atoms with Crippen molar-refractivity contribution in [1.82, 2.24) is 14.5 Å². The summed E-state index contributed by atoms with van der Waals surface area (Å²) in [7, 11) is 2.03. The van der Waals surface area contributed by atoms with Crippen molar-refractivity contribution in [3.05, 3.63) is 48.0 Å². The number of hydrogen-bond donors (Lipinski definition) is 0. The summed E-state index contributed by atoms with van der Waals surface area (Å²) in [4.78, 5) is 6.51. The Kier molecular flexibility index (Phi) is 3.25. The Labute approximate surface area is 113 Å². The van der Waals surface area contributed by atoms with Gasteiger partial charge in [0, 0.05) is 32.9 Å². The second-order valence-corrected chi connectivity index (χ2v) is 5.20. The highest BCUT2D eigenvalue weighted by Gasteiger charge is 2.29. The first kappa shape index (κ1) is 12.2. The van der Waals surface area contributed by atoms with E-state index in [4.69, 9.17) is 4.74 Å². The maximum absolute atomic E-state index is 6.00. The molecule has 0 N–H and O–H groups in total. The lowest BCUT2D eigenvalue weighted by Crippen LogP contribution is -2.53. The van der Waals surface area contributed by atoms with Gasteiger partial charge in [0.15, 0.2) is 0 Å². The molecule has 0 amide bonds. The quantitative estimate of drug-likeness (QED) is 0.839. The molecule has 3 rings (SSSR count). The summed E-state index contributed by atoms with van der Waals surface area (Å²) in [6.45, 7) is 5.00. The van der Waals surface area contributed by atoms with Crippen LogP contribution in [0.25, 0.3) is 0 Å². The van der Waals surface area contributed by atoms with E-state index in [0.29, 0.717) is 6.10 Å². The largest absolute Gasteiger partial charge is 0.487 e. The molecule has 100 valence electrons. The first-order chi connectivity index (χ1) is 9.22. The molecular formula is C15H19N3O. The highest BCUT2D eigenvalue weighted by Crippen LogP contribution is 2.22. The Bertz CT molecular complexity index is 558. The van der Waals surface area contributed by atoms with Gasteiger partial charge in [-0.25, -0.2) is 4.98 Å². The van der Waals surface area contributed by atoms with Crippen molar-refractivity contribution in [3.63, 3.8) is 0 Å². The number of para-hydroxylation sites is 1. The van der Waals surface area contributed by atoms with Crippen molar-refractivity contribution in [2.24, 2.45) is 7.05 Å². The van der Waals surface area contributed by atoms with E-state index in [-0.39, 0.29) is 0 Å². The molecule has 0 unspecified atom stereocenters. The molecule has 0 saturated carbocycles. The van der Waals surface area contributed by atoms with E-state index in [1.807, 2.05) is 37.8 Å². The van der Waals surface area contributed by atoms with Crippen molar-refractivity contribution in [1.29, 1.82) is 0 Å². The van der Waals surface area contributed by atoms with Crippen LogP contribution in [0, 0.1) is 6.92 Å². The van der Waals surface area contributed by atoms with Crippen molar-refractivity contribution in [3.8, 4) is 5.75 Å². The Morgan fingerprint density at radius 2 is 2.11 bits per heavy atom. The molecule has 4 nitrogen and oxygen atoms in total. The average Bonchev–Trinajstić information content (AvgIpc) is 2.75. The first-order valence-electron chi connectivity index (χ1n) is 6.62. The number of ether oxygens (including phenoxy) is 1. The van der Waals surface area contributed by atoms with E-state index < -0.39 is 0 Å².